The van der Waals surface area contributed by atoms with Gasteiger partial charge in [0.15, 0.2) is 6.17 Å². The SMILES string of the molecule is c1ccc2cc3c(cc2c1)C1=Nc2c4cc5ccccc5cc4c4n2C25N6C(=NC3=[N+]12)c1cc2ccccc2cc1C6NC1=[N+]5C(=N4)c2cc3ccccc3cc21. The minimum Gasteiger partial charge on any atom is -0.280 e. The number of benzene rings is 8. The van der Waals surface area contributed by atoms with Crippen LogP contribution in [-0.2, 0) is 5.91 Å². The Bertz CT molecular complexity index is 3690. The van der Waals surface area contributed by atoms with Gasteiger partial charge in [0, 0.05) is 21.9 Å². The third-order valence-electron chi connectivity index (χ3n) is 13.5. The molecule has 2 atom stereocenters. The maximum atomic E-state index is 5.76. The topological polar surface area (TPSA) is 63.3 Å². The molecule has 0 amide bonds. The van der Waals surface area contributed by atoms with Gasteiger partial charge in [0.1, 0.15) is 0 Å². The zero-order valence-electron chi connectivity index (χ0n) is 30.1. The fourth-order valence-electron chi connectivity index (χ4n) is 11.1. The van der Waals surface area contributed by atoms with Crippen LogP contribution in [0.1, 0.15) is 39.5 Å². The van der Waals surface area contributed by atoms with E-state index in [9.17, 15) is 0 Å². The van der Waals surface area contributed by atoms with Gasteiger partial charge in [-0.3, -0.25) is 5.32 Å². The highest BCUT2D eigenvalue weighted by Gasteiger charge is 2.75. The van der Waals surface area contributed by atoms with Crippen molar-refractivity contribution in [1.29, 1.82) is 0 Å². The van der Waals surface area contributed by atoms with Gasteiger partial charge >= 0.3 is 5.91 Å². The van der Waals surface area contributed by atoms with Gasteiger partial charge in [0.2, 0.25) is 23.3 Å². The van der Waals surface area contributed by atoms with Crippen molar-refractivity contribution in [3.8, 4) is 0 Å². The maximum Gasteiger partial charge on any atom is 0.401 e. The molecule has 0 fully saturated rings. The third kappa shape index (κ3) is 2.92. The Hall–Kier alpha value is -7.71. The first-order valence-electron chi connectivity index (χ1n) is 19.6. The molecule has 1 spiro atoms. The van der Waals surface area contributed by atoms with Crippen molar-refractivity contribution in [2.24, 2.45) is 15.0 Å². The minimum absolute atomic E-state index is 0.236. The lowest BCUT2D eigenvalue weighted by molar-refractivity contribution is -0.813. The molecule has 8 heterocycles. The van der Waals surface area contributed by atoms with Gasteiger partial charge in [-0.2, -0.15) is 9.14 Å². The Balaban J connectivity index is 1.14. The molecule has 7 aliphatic rings. The first kappa shape index (κ1) is 27.8. The molecule has 0 bridgehead atoms. The summed E-state index contributed by atoms with van der Waals surface area (Å²) in [7, 11) is 0. The fraction of sp³-hybridized carbons (Fsp3) is 0.0408. The molecule has 7 aliphatic heterocycles. The molecule has 260 valence electrons. The summed E-state index contributed by atoms with van der Waals surface area (Å²) >= 11 is 0. The van der Waals surface area contributed by atoms with E-state index in [-0.39, 0.29) is 6.17 Å². The summed E-state index contributed by atoms with van der Waals surface area (Å²) in [4.78, 5) is 19.8. The van der Waals surface area contributed by atoms with Crippen LogP contribution >= 0.6 is 0 Å². The van der Waals surface area contributed by atoms with E-state index in [1.54, 1.807) is 0 Å². The second-order valence-corrected chi connectivity index (χ2v) is 16.2. The molecular weight excluding hydrogens is 701 g/mol. The standard InChI is InChI=1S/C49H25N8/c1-2-10-26-18-34-33(17-25(26)9-1)41-50-43-35-19-27-11-3-4-12-28(27)20-36(35)45-52-47-39-23-31-15-7-8-16-32(31)24-40(39)48-53-46-38-22-30-14-6-5-13-29(30)21-37(38)44-51-42(34)54(41)49(55(43)45,56(44)46)57(47)48/h1-24,41H/q+1/p+1. The molecule has 8 heteroatoms. The van der Waals surface area contributed by atoms with Crippen molar-refractivity contribution in [3.63, 3.8) is 0 Å². The van der Waals surface area contributed by atoms with Crippen LogP contribution in [0.5, 0.6) is 0 Å². The lowest BCUT2D eigenvalue weighted by Crippen LogP contribution is -2.75. The molecule has 8 aromatic carbocycles. The predicted molar refractivity (Wildman–Crippen MR) is 225 cm³/mol. The highest BCUT2D eigenvalue weighted by Crippen LogP contribution is 2.58. The molecule has 0 saturated carbocycles. The largest absolute Gasteiger partial charge is 0.401 e. The predicted octanol–water partition coefficient (Wildman–Crippen LogP) is 8.93. The fourth-order valence-corrected chi connectivity index (χ4v) is 11.1. The summed E-state index contributed by atoms with van der Waals surface area (Å²) in [6, 6.07) is 53.3. The average Bonchev–Trinajstić information content (AvgIpc) is 3.95. The number of nitrogens with zero attached hydrogens (tertiary/aromatic N) is 7. The van der Waals surface area contributed by atoms with Crippen LogP contribution in [0, 0.1) is 0 Å². The van der Waals surface area contributed by atoms with Crippen molar-refractivity contribution >= 4 is 94.7 Å². The first-order chi connectivity index (χ1) is 28.2. The smallest absolute Gasteiger partial charge is 0.280 e. The molecule has 0 saturated heterocycles. The number of aromatic nitrogens is 1. The van der Waals surface area contributed by atoms with Crippen LogP contribution in [0.2, 0.25) is 0 Å². The molecule has 0 aliphatic carbocycles. The Morgan fingerprint density at radius 1 is 0.474 bits per heavy atom. The third-order valence-corrected chi connectivity index (χ3v) is 13.5. The van der Waals surface area contributed by atoms with E-state index in [0.717, 1.165) is 79.4 Å². The summed E-state index contributed by atoms with van der Waals surface area (Å²) in [5.41, 5.74) is 6.80. The molecular formula is C49H26N8+2. The minimum atomic E-state index is -0.997. The lowest BCUT2D eigenvalue weighted by atomic mass is 9.99. The van der Waals surface area contributed by atoms with Crippen molar-refractivity contribution in [1.82, 2.24) is 14.8 Å². The van der Waals surface area contributed by atoms with Crippen molar-refractivity contribution in [2.75, 3.05) is 0 Å². The van der Waals surface area contributed by atoms with Gasteiger partial charge in [-0.05, 0) is 91.6 Å². The first-order valence-corrected chi connectivity index (χ1v) is 19.6. The molecule has 9 aromatic rings. The Kier molecular flexibility index (Phi) is 4.33. The van der Waals surface area contributed by atoms with Crippen molar-refractivity contribution < 1.29 is 9.15 Å². The normalized spacial score (nSPS) is 20.8. The van der Waals surface area contributed by atoms with Gasteiger partial charge in [-0.15, -0.1) is 4.58 Å². The number of amidine groups is 5. The van der Waals surface area contributed by atoms with Crippen LogP contribution in [0.15, 0.2) is 161 Å². The Morgan fingerprint density at radius 3 is 1.51 bits per heavy atom. The van der Waals surface area contributed by atoms with E-state index in [1.807, 2.05) is 0 Å². The van der Waals surface area contributed by atoms with Gasteiger partial charge in [0.05, 0.1) is 22.3 Å². The molecule has 2 unspecified atom stereocenters. The van der Waals surface area contributed by atoms with E-state index in [4.69, 9.17) is 15.0 Å². The highest BCUT2D eigenvalue weighted by molar-refractivity contribution is 6.26. The zero-order chi connectivity index (χ0) is 36.5. The summed E-state index contributed by atoms with van der Waals surface area (Å²) in [5.74, 6) is 5.54. The molecule has 16 rings (SSSR count). The number of rotatable bonds is 0. The lowest BCUT2D eigenvalue weighted by Gasteiger charge is -2.49. The van der Waals surface area contributed by atoms with Crippen LogP contribution in [0.3, 0.4) is 0 Å². The average molecular weight is 727 g/mol. The molecule has 1 aromatic heterocycles. The van der Waals surface area contributed by atoms with E-state index < -0.39 is 5.91 Å². The van der Waals surface area contributed by atoms with Gasteiger partial charge in [-0.1, -0.05) is 112 Å². The van der Waals surface area contributed by atoms with Gasteiger partial charge in [0.25, 0.3) is 17.5 Å². The Morgan fingerprint density at radius 2 is 0.930 bits per heavy atom. The Labute approximate surface area is 323 Å². The summed E-state index contributed by atoms with van der Waals surface area (Å²) in [5, 5.41) is 15.8. The van der Waals surface area contributed by atoms with E-state index in [0.29, 0.717) is 0 Å². The van der Waals surface area contributed by atoms with E-state index in [2.05, 4.69) is 170 Å². The highest BCUT2D eigenvalue weighted by atomic mass is 15.7. The molecule has 0 radical (unpaired) electrons. The molecule has 1 N–H and O–H groups in total. The number of fused-ring (bicyclic) bond motifs is 16. The zero-order valence-corrected chi connectivity index (χ0v) is 30.1. The number of hydrogen-bond donors (Lipinski definition) is 1. The second-order valence-electron chi connectivity index (χ2n) is 16.2. The number of nitrogens with one attached hydrogen (secondary N) is 1. The monoisotopic (exact) mass is 726 g/mol. The van der Waals surface area contributed by atoms with Crippen LogP contribution in [-0.4, -0.2) is 47.8 Å². The van der Waals surface area contributed by atoms with Crippen molar-refractivity contribution in [3.05, 3.63) is 179 Å². The molecule has 8 nitrogen and oxygen atoms in total. The summed E-state index contributed by atoms with van der Waals surface area (Å²) in [6.07, 6.45) is -0.236. The number of aliphatic imine (C=N–C) groups is 3. The molecule has 57 heavy (non-hydrogen) atoms. The maximum absolute atomic E-state index is 5.76. The second kappa shape index (κ2) is 8.88. The van der Waals surface area contributed by atoms with Gasteiger partial charge < -0.3 is 0 Å². The van der Waals surface area contributed by atoms with E-state index >= 15 is 0 Å². The quantitative estimate of drug-likeness (QED) is 0.159. The van der Waals surface area contributed by atoms with Crippen molar-refractivity contribution in [2.45, 2.75) is 12.1 Å². The van der Waals surface area contributed by atoms with E-state index in [1.165, 1.54) is 48.7 Å². The van der Waals surface area contributed by atoms with Crippen LogP contribution in [0.25, 0.3) is 53.9 Å². The summed E-state index contributed by atoms with van der Waals surface area (Å²) < 4.78 is 7.35. The summed E-state index contributed by atoms with van der Waals surface area (Å²) in [6.45, 7) is 0. The van der Waals surface area contributed by atoms with Crippen LogP contribution in [0.4, 0.5) is 11.6 Å². The number of hydrogen-bond acceptors (Lipinski definition) is 5. The van der Waals surface area contributed by atoms with Gasteiger partial charge in [-0.25, -0.2) is 4.90 Å². The van der Waals surface area contributed by atoms with Crippen LogP contribution < -0.4 is 5.32 Å².